The summed E-state index contributed by atoms with van der Waals surface area (Å²) < 4.78 is 0. The molecule has 1 aliphatic carbocycles. The average Bonchev–Trinajstić information content (AvgIpc) is 2.57. The fourth-order valence-electron chi connectivity index (χ4n) is 2.56. The van der Waals surface area contributed by atoms with Crippen molar-refractivity contribution in [3.63, 3.8) is 0 Å². The van der Waals surface area contributed by atoms with Crippen LogP contribution in [0.1, 0.15) is 38.5 Å². The smallest absolute Gasteiger partial charge is 0.0431 e. The molecular weight excluding hydrogens is 162 g/mol. The van der Waals surface area contributed by atoms with Gasteiger partial charge in [-0.3, -0.25) is 0 Å². The van der Waals surface area contributed by atoms with Crippen LogP contribution in [-0.2, 0) is 0 Å². The molecule has 13 heavy (non-hydrogen) atoms. The van der Waals surface area contributed by atoms with Gasteiger partial charge in [-0.1, -0.05) is 12.8 Å². The second kappa shape index (κ2) is 5.61. The zero-order valence-corrected chi connectivity index (χ0v) is 9.00. The Kier molecular flexibility index (Phi) is 4.74. The minimum Gasteiger partial charge on any atom is -0.396 e. The van der Waals surface area contributed by atoms with Crippen molar-refractivity contribution in [1.82, 2.24) is 4.90 Å². The molecule has 0 bridgehead atoms. The van der Waals surface area contributed by atoms with Crippen LogP contribution in [0.25, 0.3) is 0 Å². The topological polar surface area (TPSA) is 23.5 Å². The molecule has 1 saturated carbocycles. The molecule has 1 N–H and O–H groups in total. The quantitative estimate of drug-likeness (QED) is 0.707. The van der Waals surface area contributed by atoms with E-state index >= 15 is 0 Å². The summed E-state index contributed by atoms with van der Waals surface area (Å²) in [4.78, 5) is 2.34. The Morgan fingerprint density at radius 2 is 1.92 bits per heavy atom. The van der Waals surface area contributed by atoms with Gasteiger partial charge in [0.1, 0.15) is 0 Å². The van der Waals surface area contributed by atoms with Crippen LogP contribution in [0.2, 0.25) is 0 Å². The Morgan fingerprint density at radius 1 is 1.31 bits per heavy atom. The number of nitrogens with zero attached hydrogens (tertiary/aromatic N) is 1. The molecule has 78 valence electrons. The highest BCUT2D eigenvalue weighted by molar-refractivity contribution is 4.80. The molecule has 1 atom stereocenters. The predicted octanol–water partition coefficient (Wildman–Crippen LogP) is 1.88. The standard InChI is InChI=1S/C11H23NO/c1-12(2)11(8-5-9-13)10-6-3-4-7-10/h10-11,13H,3-9H2,1-2H3. The van der Waals surface area contributed by atoms with Gasteiger partial charge >= 0.3 is 0 Å². The van der Waals surface area contributed by atoms with Crippen molar-refractivity contribution in [2.75, 3.05) is 20.7 Å². The van der Waals surface area contributed by atoms with Gasteiger partial charge in [-0.2, -0.15) is 0 Å². The summed E-state index contributed by atoms with van der Waals surface area (Å²) in [7, 11) is 4.33. The lowest BCUT2D eigenvalue weighted by atomic mass is 9.93. The SMILES string of the molecule is CN(C)C(CCCO)C1CCCC1. The number of aliphatic hydroxyl groups excluding tert-OH is 1. The maximum atomic E-state index is 8.82. The Bertz CT molecular complexity index is 130. The fourth-order valence-corrected chi connectivity index (χ4v) is 2.56. The Hall–Kier alpha value is -0.0800. The number of hydrogen-bond acceptors (Lipinski definition) is 2. The van der Waals surface area contributed by atoms with Crippen molar-refractivity contribution in [3.8, 4) is 0 Å². The molecule has 2 heteroatoms. The Balaban J connectivity index is 2.36. The highest BCUT2D eigenvalue weighted by Crippen LogP contribution is 2.31. The monoisotopic (exact) mass is 185 g/mol. The van der Waals surface area contributed by atoms with Crippen molar-refractivity contribution in [1.29, 1.82) is 0 Å². The average molecular weight is 185 g/mol. The minimum atomic E-state index is 0.344. The molecule has 0 spiro atoms. The molecule has 1 unspecified atom stereocenters. The first-order chi connectivity index (χ1) is 6.25. The van der Waals surface area contributed by atoms with E-state index in [1.807, 2.05) is 0 Å². The van der Waals surface area contributed by atoms with Gasteiger partial charge < -0.3 is 10.0 Å². The Labute approximate surface area is 81.9 Å². The number of aliphatic hydroxyl groups is 1. The molecule has 1 aliphatic rings. The number of rotatable bonds is 5. The van der Waals surface area contributed by atoms with Crippen LogP contribution in [0, 0.1) is 5.92 Å². The summed E-state index contributed by atoms with van der Waals surface area (Å²) >= 11 is 0. The van der Waals surface area contributed by atoms with Crippen molar-refractivity contribution in [3.05, 3.63) is 0 Å². The molecule has 0 amide bonds. The van der Waals surface area contributed by atoms with Gasteiger partial charge in [-0.15, -0.1) is 0 Å². The zero-order valence-electron chi connectivity index (χ0n) is 9.00. The summed E-state index contributed by atoms with van der Waals surface area (Å²) in [5, 5.41) is 8.82. The van der Waals surface area contributed by atoms with Crippen molar-refractivity contribution in [2.24, 2.45) is 5.92 Å². The van der Waals surface area contributed by atoms with Crippen LogP contribution in [-0.4, -0.2) is 36.8 Å². The van der Waals surface area contributed by atoms with Crippen molar-refractivity contribution in [2.45, 2.75) is 44.6 Å². The van der Waals surface area contributed by atoms with E-state index in [9.17, 15) is 0 Å². The van der Waals surface area contributed by atoms with Gasteiger partial charge in [0, 0.05) is 12.6 Å². The maximum Gasteiger partial charge on any atom is 0.0431 e. The predicted molar refractivity (Wildman–Crippen MR) is 55.8 cm³/mol. The first kappa shape index (κ1) is 11.0. The molecular formula is C11H23NO. The lowest BCUT2D eigenvalue weighted by molar-refractivity contribution is 0.179. The van der Waals surface area contributed by atoms with Crippen LogP contribution in [0.5, 0.6) is 0 Å². The van der Waals surface area contributed by atoms with E-state index in [0.717, 1.165) is 18.8 Å². The highest BCUT2D eigenvalue weighted by atomic mass is 16.2. The van der Waals surface area contributed by atoms with Gasteiger partial charge in [0.05, 0.1) is 0 Å². The van der Waals surface area contributed by atoms with Crippen molar-refractivity contribution >= 4 is 0 Å². The lowest BCUT2D eigenvalue weighted by Gasteiger charge is -2.29. The van der Waals surface area contributed by atoms with Crippen LogP contribution < -0.4 is 0 Å². The van der Waals surface area contributed by atoms with Crippen LogP contribution in [0.3, 0.4) is 0 Å². The summed E-state index contributed by atoms with van der Waals surface area (Å²) in [6, 6.07) is 0.703. The number of hydrogen-bond donors (Lipinski definition) is 1. The summed E-state index contributed by atoms with van der Waals surface area (Å²) in [6.07, 6.45) is 7.73. The minimum absolute atomic E-state index is 0.344. The first-order valence-electron chi connectivity index (χ1n) is 5.53. The molecule has 0 aromatic rings. The van der Waals surface area contributed by atoms with E-state index in [-0.39, 0.29) is 0 Å². The molecule has 0 aromatic carbocycles. The second-order valence-corrected chi connectivity index (χ2v) is 4.44. The molecule has 1 fully saturated rings. The maximum absolute atomic E-state index is 8.82. The summed E-state index contributed by atoms with van der Waals surface area (Å²) in [5.74, 6) is 0.890. The van der Waals surface area contributed by atoms with Crippen molar-refractivity contribution < 1.29 is 5.11 Å². The van der Waals surface area contributed by atoms with Crippen LogP contribution >= 0.6 is 0 Å². The van der Waals surface area contributed by atoms with Gasteiger partial charge in [0.25, 0.3) is 0 Å². The highest BCUT2D eigenvalue weighted by Gasteiger charge is 2.25. The third-order valence-corrected chi connectivity index (χ3v) is 3.27. The van der Waals surface area contributed by atoms with Gasteiger partial charge in [-0.05, 0) is 45.7 Å². The third-order valence-electron chi connectivity index (χ3n) is 3.27. The molecule has 0 radical (unpaired) electrons. The van der Waals surface area contributed by atoms with E-state index < -0.39 is 0 Å². The fraction of sp³-hybridized carbons (Fsp3) is 1.00. The van der Waals surface area contributed by atoms with E-state index in [0.29, 0.717) is 12.6 Å². The second-order valence-electron chi connectivity index (χ2n) is 4.44. The van der Waals surface area contributed by atoms with Gasteiger partial charge in [0.15, 0.2) is 0 Å². The lowest BCUT2D eigenvalue weighted by Crippen LogP contribution is -2.34. The third kappa shape index (κ3) is 3.28. The summed E-state index contributed by atoms with van der Waals surface area (Å²) in [6.45, 7) is 0.344. The molecule has 0 aromatic heterocycles. The van der Waals surface area contributed by atoms with E-state index in [1.165, 1.54) is 25.7 Å². The molecule has 0 saturated heterocycles. The molecule has 1 rings (SSSR count). The van der Waals surface area contributed by atoms with E-state index in [1.54, 1.807) is 0 Å². The summed E-state index contributed by atoms with van der Waals surface area (Å²) in [5.41, 5.74) is 0. The van der Waals surface area contributed by atoms with Crippen LogP contribution in [0.4, 0.5) is 0 Å². The normalized spacial score (nSPS) is 21.2. The molecule has 0 aliphatic heterocycles. The molecule has 0 heterocycles. The van der Waals surface area contributed by atoms with E-state index in [2.05, 4.69) is 19.0 Å². The van der Waals surface area contributed by atoms with Gasteiger partial charge in [0.2, 0.25) is 0 Å². The largest absolute Gasteiger partial charge is 0.396 e. The zero-order chi connectivity index (χ0) is 9.68. The first-order valence-corrected chi connectivity index (χ1v) is 5.53. The molecule has 2 nitrogen and oxygen atoms in total. The van der Waals surface area contributed by atoms with E-state index in [4.69, 9.17) is 5.11 Å². The Morgan fingerprint density at radius 3 is 2.38 bits per heavy atom. The van der Waals surface area contributed by atoms with Gasteiger partial charge in [-0.25, -0.2) is 0 Å². The van der Waals surface area contributed by atoms with Crippen LogP contribution in [0.15, 0.2) is 0 Å².